The predicted molar refractivity (Wildman–Crippen MR) is 57.3 cm³/mol. The van der Waals surface area contributed by atoms with Crippen LogP contribution >= 0.6 is 12.2 Å². The lowest BCUT2D eigenvalue weighted by Crippen LogP contribution is -2.24. The number of hydrogen-bond acceptors (Lipinski definition) is 4. The van der Waals surface area contributed by atoms with Crippen LogP contribution in [0.1, 0.15) is 6.92 Å². The molecular formula is C5H11N7S. The Hall–Kier alpha value is -1.70. The number of nitrogens with one attached hydrogen (secondary N) is 1. The van der Waals surface area contributed by atoms with Crippen LogP contribution in [0.4, 0.5) is 0 Å². The zero-order valence-electron chi connectivity index (χ0n) is 7.06. The van der Waals surface area contributed by atoms with Crippen LogP contribution in [-0.2, 0) is 0 Å². The quantitative estimate of drug-likeness (QED) is 0.190. The Labute approximate surface area is 80.8 Å². The van der Waals surface area contributed by atoms with Crippen molar-refractivity contribution in [3.8, 4) is 0 Å². The van der Waals surface area contributed by atoms with Crippen LogP contribution in [0, 0.1) is 0 Å². The first-order valence-corrected chi connectivity index (χ1v) is 3.65. The van der Waals surface area contributed by atoms with Gasteiger partial charge in [0.05, 0.1) is 11.9 Å². The van der Waals surface area contributed by atoms with Crippen molar-refractivity contribution in [1.82, 2.24) is 5.43 Å². The lowest BCUT2D eigenvalue weighted by Gasteiger charge is -1.92. The first-order valence-electron chi connectivity index (χ1n) is 3.24. The molecule has 0 aromatic carbocycles. The summed E-state index contributed by atoms with van der Waals surface area (Å²) in [5.41, 5.74) is 18.0. The summed E-state index contributed by atoms with van der Waals surface area (Å²) in [6.45, 7) is 1.66. The summed E-state index contributed by atoms with van der Waals surface area (Å²) >= 11 is 4.50. The Morgan fingerprint density at radius 1 is 1.31 bits per heavy atom. The van der Waals surface area contributed by atoms with Gasteiger partial charge in [-0.05, 0) is 19.1 Å². The zero-order chi connectivity index (χ0) is 10.3. The number of rotatable bonds is 3. The van der Waals surface area contributed by atoms with Gasteiger partial charge in [-0.2, -0.15) is 10.2 Å². The molecule has 7 N–H and O–H groups in total. The van der Waals surface area contributed by atoms with Crippen molar-refractivity contribution in [3.05, 3.63) is 0 Å². The van der Waals surface area contributed by atoms with Crippen LogP contribution in [0.25, 0.3) is 0 Å². The van der Waals surface area contributed by atoms with Crippen LogP contribution in [0.3, 0.4) is 0 Å². The molecule has 8 heteroatoms. The highest BCUT2D eigenvalue weighted by atomic mass is 32.1. The molecule has 0 aromatic heterocycles. The molecule has 0 unspecified atom stereocenters. The zero-order valence-corrected chi connectivity index (χ0v) is 7.88. The first-order chi connectivity index (χ1) is 6.02. The molecule has 0 aliphatic rings. The first kappa shape index (κ1) is 11.3. The van der Waals surface area contributed by atoms with Crippen LogP contribution in [0.2, 0.25) is 0 Å². The van der Waals surface area contributed by atoms with Gasteiger partial charge in [0.2, 0.25) is 5.96 Å². The normalized spacial score (nSPS) is 11.3. The van der Waals surface area contributed by atoms with Crippen LogP contribution < -0.4 is 22.6 Å². The van der Waals surface area contributed by atoms with Gasteiger partial charge in [0, 0.05) is 0 Å². The molecule has 0 radical (unpaired) electrons. The molecule has 0 saturated heterocycles. The molecule has 0 heterocycles. The third kappa shape index (κ3) is 8.20. The summed E-state index contributed by atoms with van der Waals surface area (Å²) < 4.78 is 0. The molecule has 0 amide bonds. The van der Waals surface area contributed by atoms with Crippen molar-refractivity contribution >= 4 is 35.2 Å². The fraction of sp³-hybridized carbons (Fsp3) is 0.200. The Bertz CT molecular complexity index is 262. The van der Waals surface area contributed by atoms with E-state index in [4.69, 9.17) is 17.2 Å². The number of nitrogens with two attached hydrogens (primary N) is 3. The Morgan fingerprint density at radius 2 is 1.92 bits per heavy atom. The lowest BCUT2D eigenvalue weighted by atomic mass is 10.5. The summed E-state index contributed by atoms with van der Waals surface area (Å²) in [6, 6.07) is 0. The third-order valence-electron chi connectivity index (χ3n) is 0.749. The van der Waals surface area contributed by atoms with E-state index in [1.54, 1.807) is 6.92 Å². The summed E-state index contributed by atoms with van der Waals surface area (Å²) in [7, 11) is 0. The molecule has 0 aromatic rings. The van der Waals surface area contributed by atoms with E-state index in [0.717, 1.165) is 0 Å². The maximum absolute atomic E-state index is 5.10. The van der Waals surface area contributed by atoms with E-state index in [-0.39, 0.29) is 11.1 Å². The fourth-order valence-electron chi connectivity index (χ4n) is 0.352. The Morgan fingerprint density at radius 3 is 2.38 bits per heavy atom. The van der Waals surface area contributed by atoms with E-state index in [0.29, 0.717) is 5.71 Å². The van der Waals surface area contributed by atoms with Gasteiger partial charge >= 0.3 is 0 Å². The Kier molecular flexibility index (Phi) is 5.12. The molecule has 0 aliphatic carbocycles. The molecular weight excluding hydrogens is 190 g/mol. The Balaban J connectivity index is 4.06. The highest BCUT2D eigenvalue weighted by Gasteiger charge is 1.84. The minimum atomic E-state index is -0.116. The number of hydrazone groups is 1. The molecule has 7 nitrogen and oxygen atoms in total. The molecule has 0 fully saturated rings. The van der Waals surface area contributed by atoms with Gasteiger partial charge in [-0.25, -0.2) is 0 Å². The van der Waals surface area contributed by atoms with Gasteiger partial charge in [-0.15, -0.1) is 5.10 Å². The second-order valence-corrected chi connectivity index (χ2v) is 2.44. The number of thiocarbonyl (C=S) groups is 1. The summed E-state index contributed by atoms with van der Waals surface area (Å²) in [5, 5.41) is 10.7. The van der Waals surface area contributed by atoms with Crippen LogP contribution in [0.5, 0.6) is 0 Å². The predicted octanol–water partition coefficient (Wildman–Crippen LogP) is -1.55. The molecule has 0 rings (SSSR count). The van der Waals surface area contributed by atoms with Gasteiger partial charge in [-0.3, -0.25) is 5.43 Å². The summed E-state index contributed by atoms with van der Waals surface area (Å²) in [4.78, 5) is 0. The van der Waals surface area contributed by atoms with E-state index in [2.05, 4.69) is 32.9 Å². The maximum Gasteiger partial charge on any atom is 0.211 e. The van der Waals surface area contributed by atoms with E-state index in [1.807, 2.05) is 0 Å². The second-order valence-electron chi connectivity index (χ2n) is 2.00. The van der Waals surface area contributed by atoms with Crippen LogP contribution in [-0.4, -0.2) is 23.0 Å². The van der Waals surface area contributed by atoms with Gasteiger partial charge in [-0.1, -0.05) is 0 Å². The molecule has 0 saturated carbocycles. The highest BCUT2D eigenvalue weighted by Crippen LogP contribution is 1.75. The topological polar surface area (TPSA) is 127 Å². The van der Waals surface area contributed by atoms with Gasteiger partial charge in [0.1, 0.15) is 0 Å². The standard InChI is InChI=1S/C5H11N7S/c1-3(10-11-4(6)7)2-9-12-5(8)13/h2H,1H3,(H4,6,7,11)(H3,8,12,13). The monoisotopic (exact) mass is 201 g/mol. The third-order valence-corrected chi connectivity index (χ3v) is 0.841. The highest BCUT2D eigenvalue weighted by molar-refractivity contribution is 7.80. The summed E-state index contributed by atoms with van der Waals surface area (Å²) in [6.07, 6.45) is 1.38. The van der Waals surface area contributed by atoms with Crippen molar-refractivity contribution in [2.45, 2.75) is 6.92 Å². The smallest absolute Gasteiger partial charge is 0.211 e. The molecule has 72 valence electrons. The SMILES string of the molecule is CC(C=NNC(N)=S)=NN=C(N)N. The number of nitrogens with zero attached hydrogens (tertiary/aromatic N) is 3. The lowest BCUT2D eigenvalue weighted by molar-refractivity contribution is 1.04. The minimum Gasteiger partial charge on any atom is -0.375 e. The van der Waals surface area contributed by atoms with E-state index >= 15 is 0 Å². The van der Waals surface area contributed by atoms with Crippen molar-refractivity contribution in [3.63, 3.8) is 0 Å². The molecule has 0 bridgehead atoms. The maximum atomic E-state index is 5.10. The van der Waals surface area contributed by atoms with E-state index in [1.165, 1.54) is 6.21 Å². The summed E-state index contributed by atoms with van der Waals surface area (Å²) in [5.74, 6) is -0.116. The molecule has 0 aliphatic heterocycles. The van der Waals surface area contributed by atoms with Crippen molar-refractivity contribution in [2.75, 3.05) is 0 Å². The number of guanidine groups is 1. The van der Waals surface area contributed by atoms with Crippen molar-refractivity contribution in [2.24, 2.45) is 32.5 Å². The molecule has 0 spiro atoms. The number of hydrogen-bond donors (Lipinski definition) is 4. The van der Waals surface area contributed by atoms with E-state index in [9.17, 15) is 0 Å². The van der Waals surface area contributed by atoms with Gasteiger partial charge in [0.25, 0.3) is 0 Å². The van der Waals surface area contributed by atoms with Gasteiger partial charge < -0.3 is 17.2 Å². The average molecular weight is 201 g/mol. The molecule has 13 heavy (non-hydrogen) atoms. The van der Waals surface area contributed by atoms with Crippen molar-refractivity contribution in [1.29, 1.82) is 0 Å². The van der Waals surface area contributed by atoms with Gasteiger partial charge in [0.15, 0.2) is 5.11 Å². The molecule has 0 atom stereocenters. The minimum absolute atomic E-state index is 0.0749. The second kappa shape index (κ2) is 5.89. The fourth-order valence-corrected chi connectivity index (χ4v) is 0.404. The van der Waals surface area contributed by atoms with Crippen molar-refractivity contribution < 1.29 is 0 Å². The van der Waals surface area contributed by atoms with E-state index < -0.39 is 0 Å². The largest absolute Gasteiger partial charge is 0.375 e. The van der Waals surface area contributed by atoms with Crippen LogP contribution in [0.15, 0.2) is 15.3 Å². The average Bonchev–Trinajstić information content (AvgIpc) is 2.00.